The molecule has 2 aromatic rings. The molecule has 0 saturated carbocycles. The fourth-order valence-corrected chi connectivity index (χ4v) is 12.0. The van der Waals surface area contributed by atoms with Crippen molar-refractivity contribution in [2.75, 3.05) is 38.2 Å². The predicted molar refractivity (Wildman–Crippen MR) is 439 cm³/mol. The van der Waals surface area contributed by atoms with Gasteiger partial charge in [0.15, 0.2) is 5.96 Å². The second-order valence-corrected chi connectivity index (χ2v) is 29.6. The summed E-state index contributed by atoms with van der Waals surface area (Å²) in [5.74, 6) is -24.3. The van der Waals surface area contributed by atoms with Gasteiger partial charge in [0.1, 0.15) is 84.6 Å². The third-order valence-electron chi connectivity index (χ3n) is 18.4. The average molecular weight is 1780 g/mol. The van der Waals surface area contributed by atoms with Gasteiger partial charge in [0.2, 0.25) is 88.6 Å². The number of carbonyl (C=O) groups excluding carboxylic acids is 15. The van der Waals surface area contributed by atoms with E-state index in [1.807, 2.05) is 5.32 Å². The van der Waals surface area contributed by atoms with Crippen molar-refractivity contribution < 1.29 is 127 Å². The first kappa shape index (κ1) is 107. The Morgan fingerprint density at radius 1 is 0.403 bits per heavy atom. The number of aromatic amines is 1. The SMILES string of the molecule is CSCC[C@H](NC(=O)[C@H](Cc1c[nH]cn1)NC(=O)[C@H](CCC(N)=O)NC(=O)[C@H](CCCN=C(N)N)NC(=O)[C@H](CCC(=O)O)NC(=O)[C@H](Cc1ccccc1)NC(=O)[C@H](CCCCN)NC(=O)[C@H](C)NC(=O)[C@H](C)NC(=O)[C@H](C)NC(=O)[C@H](CCC(=O)O)NC(=O)[C@H](CCC(=O)O)NC(=O)[C@@H](N)CCCCN)C(=O)N[C@@H](CC(=O)O)C(=O)N[C@@H](CO)C(=O)O. The van der Waals surface area contributed by atoms with Crippen LogP contribution in [0.5, 0.6) is 0 Å². The van der Waals surface area contributed by atoms with Gasteiger partial charge < -0.3 is 144 Å². The molecule has 0 aliphatic heterocycles. The molecule has 1 heterocycles. The highest BCUT2D eigenvalue weighted by Crippen LogP contribution is 2.14. The van der Waals surface area contributed by atoms with Crippen LogP contribution in [0, 0.1) is 0 Å². The summed E-state index contributed by atoms with van der Waals surface area (Å²) in [5, 5.41) is 90.3. The van der Waals surface area contributed by atoms with E-state index in [0.717, 1.165) is 6.92 Å². The molecule has 690 valence electrons. The fraction of sp³-hybridized carbons (Fsp3) is 0.595. The number of primary amides is 1. The third kappa shape index (κ3) is 42.7. The molecule has 0 fully saturated rings. The van der Waals surface area contributed by atoms with E-state index in [1.54, 1.807) is 36.6 Å². The quantitative estimate of drug-likeness (QED) is 0.0166. The molecule has 1 aromatic carbocycles. The highest BCUT2D eigenvalue weighted by atomic mass is 32.2. The van der Waals surface area contributed by atoms with Crippen molar-refractivity contribution in [1.29, 1.82) is 0 Å². The summed E-state index contributed by atoms with van der Waals surface area (Å²) in [4.78, 5) is 278. The number of aliphatic hydroxyl groups is 1. The highest BCUT2D eigenvalue weighted by Gasteiger charge is 2.39. The number of aliphatic carboxylic acids is 5. The average Bonchev–Trinajstić information content (AvgIpc) is 0.915. The summed E-state index contributed by atoms with van der Waals surface area (Å²) < 4.78 is 0. The van der Waals surface area contributed by atoms with Gasteiger partial charge in [0.25, 0.3) is 0 Å². The number of imidazole rings is 1. The minimum absolute atomic E-state index is 0.109. The number of nitrogens with one attached hydrogen (secondary N) is 15. The van der Waals surface area contributed by atoms with Crippen LogP contribution in [0.3, 0.4) is 0 Å². The van der Waals surface area contributed by atoms with Crippen molar-refractivity contribution in [3.05, 3.63) is 54.1 Å². The maximum Gasteiger partial charge on any atom is 0.328 e. The number of hydrogen-bond acceptors (Lipinski definition) is 27. The molecule has 1 aromatic heterocycles. The first-order valence-electron chi connectivity index (χ1n) is 39.5. The van der Waals surface area contributed by atoms with Crippen molar-refractivity contribution in [3.63, 3.8) is 0 Å². The normalized spacial score (nSPS) is 14.6. The van der Waals surface area contributed by atoms with Crippen molar-refractivity contribution in [2.24, 2.45) is 39.4 Å². The molecule has 0 saturated heterocycles. The Labute approximate surface area is 715 Å². The molecule has 0 aliphatic carbocycles. The van der Waals surface area contributed by atoms with Crippen LogP contribution in [-0.4, -0.2) is 294 Å². The number of carboxylic acid groups (broad SMARTS) is 5. The van der Waals surface area contributed by atoms with E-state index in [9.17, 15) is 127 Å². The molecule has 15 amide bonds. The number of carboxylic acids is 5. The van der Waals surface area contributed by atoms with E-state index in [2.05, 4.69) is 84.1 Å². The van der Waals surface area contributed by atoms with Crippen LogP contribution in [0.25, 0.3) is 0 Å². The summed E-state index contributed by atoms with van der Waals surface area (Å²) >= 11 is 1.18. The third-order valence-corrected chi connectivity index (χ3v) is 19.1. The molecule has 49 nitrogen and oxygen atoms in total. The van der Waals surface area contributed by atoms with Gasteiger partial charge in [-0.3, -0.25) is 96.1 Å². The number of carbonyl (C=O) groups is 20. The number of hydrogen-bond donors (Lipinski definition) is 27. The largest absolute Gasteiger partial charge is 0.481 e. The smallest absolute Gasteiger partial charge is 0.328 e. The lowest BCUT2D eigenvalue weighted by Gasteiger charge is -2.28. The monoisotopic (exact) mass is 1780 g/mol. The van der Waals surface area contributed by atoms with Gasteiger partial charge in [-0.05, 0) is 128 Å². The van der Waals surface area contributed by atoms with Gasteiger partial charge in [0, 0.05) is 51.3 Å². The van der Waals surface area contributed by atoms with E-state index in [1.165, 1.54) is 38.1 Å². The maximum atomic E-state index is 14.8. The van der Waals surface area contributed by atoms with E-state index in [4.69, 9.17) is 34.4 Å². The number of aliphatic hydroxyl groups excluding tert-OH is 1. The summed E-state index contributed by atoms with van der Waals surface area (Å²) in [7, 11) is 0. The number of aliphatic imine (C=N–C) groups is 1. The number of benzene rings is 1. The fourth-order valence-electron chi connectivity index (χ4n) is 11.5. The molecule has 0 radical (unpaired) electrons. The van der Waals surface area contributed by atoms with Gasteiger partial charge in [-0.1, -0.05) is 36.8 Å². The molecule has 0 bridgehead atoms. The van der Waals surface area contributed by atoms with E-state index in [0.29, 0.717) is 31.4 Å². The molecule has 0 unspecified atom stereocenters. The van der Waals surface area contributed by atoms with Crippen LogP contribution >= 0.6 is 11.8 Å². The van der Waals surface area contributed by atoms with Crippen LogP contribution in [0.15, 0.2) is 47.8 Å². The Morgan fingerprint density at radius 2 is 0.750 bits per heavy atom. The van der Waals surface area contributed by atoms with Gasteiger partial charge in [-0.2, -0.15) is 11.8 Å². The molecular formula is C74H117N23O26S. The van der Waals surface area contributed by atoms with Crippen molar-refractivity contribution >= 4 is 136 Å². The summed E-state index contributed by atoms with van der Waals surface area (Å²) in [5.41, 5.74) is 34.4. The van der Waals surface area contributed by atoms with Crippen molar-refractivity contribution in [2.45, 2.75) is 240 Å². The van der Waals surface area contributed by atoms with Gasteiger partial charge in [-0.15, -0.1) is 0 Å². The minimum atomic E-state index is -1.97. The lowest BCUT2D eigenvalue weighted by atomic mass is 10.0. The number of nitrogens with zero attached hydrogens (tertiary/aromatic N) is 2. The predicted octanol–water partition coefficient (Wildman–Crippen LogP) is -9.15. The zero-order chi connectivity index (χ0) is 93.3. The standard InChI is InChI=1S/C74H117N23O26S/c1-37(84-60(109)38(2)86-63(112)46(19-23-55(100)101)91-66(115)47(20-24-56(102)103)88-62(111)42(77)15-8-10-27-75)59(108)85-39(3)61(110)87-43(16-9-11-28-76)65(114)94-50(31-40-13-6-5-7-14-40)70(119)92-48(21-25-57(104)105)67(116)89-44(17-12-29-82-74(79)80)64(113)90-45(18-22-54(78)99)68(117)95-51(32-41-34-81-36-83-41)71(120)93-49(26-30-124-4)69(118)96-52(33-58(106)107)72(121)97-53(35-98)73(122)123/h5-7,13-14,34,36-39,42-53,98H,8-12,15-33,35,75-77H2,1-4H3,(H2,78,99)(H,81,83)(H,84,109)(H,85,108)(H,86,112)(H,87,110)(H,88,111)(H,89,116)(H,90,113)(H,91,115)(H,92,119)(H,93,120)(H,94,114)(H,95,117)(H,96,118)(H,97,121)(H,100,101)(H,102,103)(H,104,105)(H,106,107)(H,122,123)(H4,79,80,82)/t37-,38-,39-,42-,43-,44-,45-,46-,47-,48-,49-,50-,51-,52-,53-/m0/s1. The van der Waals surface area contributed by atoms with Crippen LogP contribution in [0.2, 0.25) is 0 Å². The van der Waals surface area contributed by atoms with Crippen molar-refractivity contribution in [1.82, 2.24) is 84.4 Å². The zero-order valence-electron chi connectivity index (χ0n) is 69.0. The maximum absolute atomic E-state index is 14.8. The Kier molecular flexibility index (Phi) is 49.8. The van der Waals surface area contributed by atoms with E-state index >= 15 is 0 Å². The summed E-state index contributed by atoms with van der Waals surface area (Å²) in [6.45, 7) is 2.65. The molecule has 0 spiro atoms. The van der Waals surface area contributed by atoms with E-state index < -0.39 is 292 Å². The van der Waals surface area contributed by atoms with Crippen LogP contribution in [0.1, 0.15) is 148 Å². The highest BCUT2D eigenvalue weighted by molar-refractivity contribution is 7.98. The Bertz CT molecular complexity index is 3980. The zero-order valence-corrected chi connectivity index (χ0v) is 69.8. The Hall–Kier alpha value is -12.7. The van der Waals surface area contributed by atoms with Crippen LogP contribution < -0.4 is 109 Å². The summed E-state index contributed by atoms with van der Waals surface area (Å²) in [6.07, 6.45) is -2.18. The number of H-pyrrole nitrogens is 1. The minimum Gasteiger partial charge on any atom is -0.481 e. The second-order valence-electron chi connectivity index (χ2n) is 28.6. The number of amides is 15. The molecule has 50 heteroatoms. The van der Waals surface area contributed by atoms with Crippen LogP contribution in [0.4, 0.5) is 0 Å². The van der Waals surface area contributed by atoms with Gasteiger partial charge in [-0.25, -0.2) is 9.78 Å². The van der Waals surface area contributed by atoms with Crippen molar-refractivity contribution in [3.8, 4) is 0 Å². The molecule has 0 aliphatic rings. The Morgan fingerprint density at radius 3 is 1.15 bits per heavy atom. The number of thioether (sulfide) groups is 1. The number of guanidine groups is 1. The molecular weight excluding hydrogens is 1660 g/mol. The number of unbranched alkanes of at least 4 members (excludes halogenated alkanes) is 2. The topological polar surface area (TPSA) is 828 Å². The number of nitrogens with two attached hydrogens (primary N) is 6. The lowest BCUT2D eigenvalue weighted by molar-refractivity contribution is -0.144. The first-order chi connectivity index (χ1) is 58.5. The number of rotatable bonds is 63. The molecule has 2 rings (SSSR count). The van der Waals surface area contributed by atoms with Gasteiger partial charge in [0.05, 0.1) is 31.1 Å². The van der Waals surface area contributed by atoms with E-state index in [-0.39, 0.29) is 63.1 Å². The Balaban J connectivity index is 2.54. The first-order valence-corrected chi connectivity index (χ1v) is 40.9. The second kappa shape index (κ2) is 57.6. The summed E-state index contributed by atoms with van der Waals surface area (Å²) in [6, 6.07) is -16.9. The molecule has 124 heavy (non-hydrogen) atoms. The van der Waals surface area contributed by atoms with Gasteiger partial charge >= 0.3 is 29.8 Å². The van der Waals surface area contributed by atoms with Crippen LogP contribution in [-0.2, 0) is 109 Å². The molecule has 33 N–H and O–H groups in total. The lowest BCUT2D eigenvalue weighted by Crippen LogP contribution is -2.61. The number of aromatic nitrogens is 2. The molecule has 15 atom stereocenters.